The van der Waals surface area contributed by atoms with E-state index in [0.29, 0.717) is 0 Å². The van der Waals surface area contributed by atoms with Crippen molar-refractivity contribution < 1.29 is 9.53 Å². The minimum absolute atomic E-state index is 0.167. The largest absolute Gasteiger partial charge is 0.384 e. The van der Waals surface area contributed by atoms with Crippen LogP contribution in [0.5, 0.6) is 0 Å². The minimum atomic E-state index is -0.496. The molecule has 1 atom stereocenters. The maximum atomic E-state index is 11.5. The number of rotatable bonds is 7. The summed E-state index contributed by atoms with van der Waals surface area (Å²) in [7, 11) is 1.70. The number of amides is 1. The lowest BCUT2D eigenvalue weighted by Crippen LogP contribution is -2.32. The molecule has 0 saturated heterocycles. The number of ether oxygens (including phenoxy) is 1. The van der Waals surface area contributed by atoms with Crippen LogP contribution in [0.4, 0.5) is 5.69 Å². The molecule has 0 radical (unpaired) electrons. The summed E-state index contributed by atoms with van der Waals surface area (Å²) in [6.45, 7) is 2.42. The van der Waals surface area contributed by atoms with Crippen LogP contribution < -0.4 is 11.1 Å². The molecule has 0 saturated carbocycles. The van der Waals surface area contributed by atoms with Gasteiger partial charge in [-0.25, -0.2) is 0 Å². The summed E-state index contributed by atoms with van der Waals surface area (Å²) in [4.78, 5) is 11.5. The van der Waals surface area contributed by atoms with Crippen molar-refractivity contribution in [2.75, 3.05) is 24.8 Å². The van der Waals surface area contributed by atoms with Crippen molar-refractivity contribution in [3.63, 3.8) is 0 Å². The lowest BCUT2D eigenvalue weighted by atomic mass is 10.2. The van der Waals surface area contributed by atoms with Crippen molar-refractivity contribution in [3.05, 3.63) is 29.8 Å². The number of methoxy groups -OCH3 is 1. The Bertz CT molecular complexity index is 383. The van der Waals surface area contributed by atoms with Gasteiger partial charge in [-0.15, -0.1) is 0 Å². The van der Waals surface area contributed by atoms with Gasteiger partial charge in [0.25, 0.3) is 0 Å². The summed E-state index contributed by atoms with van der Waals surface area (Å²) in [5.74, 6) is 1.71. The zero-order valence-corrected chi connectivity index (χ0v) is 11.6. The Kier molecular flexibility index (Phi) is 6.78. The first-order valence-electron chi connectivity index (χ1n) is 5.85. The van der Waals surface area contributed by atoms with Crippen LogP contribution in [0.2, 0.25) is 0 Å². The number of hydrogen-bond acceptors (Lipinski definition) is 4. The highest BCUT2D eigenvalue weighted by atomic mass is 32.2. The molecule has 1 amide bonds. The van der Waals surface area contributed by atoms with Crippen LogP contribution in [0.1, 0.15) is 12.5 Å². The number of nitrogens with one attached hydrogen (secondary N) is 1. The Morgan fingerprint density at radius 3 is 3.00 bits per heavy atom. The molecule has 0 spiro atoms. The van der Waals surface area contributed by atoms with E-state index in [1.165, 1.54) is 5.56 Å². The lowest BCUT2D eigenvalue weighted by molar-refractivity contribution is -0.117. The number of anilines is 1. The molecule has 0 heterocycles. The first-order valence-corrected chi connectivity index (χ1v) is 7.01. The second kappa shape index (κ2) is 8.13. The van der Waals surface area contributed by atoms with Crippen molar-refractivity contribution in [2.45, 2.75) is 18.7 Å². The molecule has 100 valence electrons. The predicted octanol–water partition coefficient (Wildman–Crippen LogP) is 1.85. The molecule has 0 aliphatic heterocycles. The molecule has 18 heavy (non-hydrogen) atoms. The molecule has 0 aliphatic carbocycles. The molecule has 0 bridgehead atoms. The third-order valence-electron chi connectivity index (χ3n) is 2.31. The fourth-order valence-electron chi connectivity index (χ4n) is 1.33. The van der Waals surface area contributed by atoms with E-state index in [4.69, 9.17) is 10.5 Å². The summed E-state index contributed by atoms with van der Waals surface area (Å²) in [5.41, 5.74) is 7.48. The van der Waals surface area contributed by atoms with E-state index in [9.17, 15) is 4.79 Å². The first kappa shape index (κ1) is 15.0. The van der Waals surface area contributed by atoms with Gasteiger partial charge in [0.1, 0.15) is 0 Å². The number of hydrogen-bond donors (Lipinski definition) is 2. The molecule has 0 aromatic heterocycles. The first-order chi connectivity index (χ1) is 8.63. The minimum Gasteiger partial charge on any atom is -0.384 e. The second-order valence-electron chi connectivity index (χ2n) is 4.02. The highest BCUT2D eigenvalue weighted by Gasteiger charge is 2.07. The highest BCUT2D eigenvalue weighted by molar-refractivity contribution is 7.98. The molecule has 4 nitrogen and oxygen atoms in total. The summed E-state index contributed by atoms with van der Waals surface area (Å²) in [5, 5.41) is 2.79. The van der Waals surface area contributed by atoms with Crippen LogP contribution in [-0.2, 0) is 15.3 Å². The molecular weight excluding hydrogens is 248 g/mol. The van der Waals surface area contributed by atoms with Crippen molar-refractivity contribution in [3.8, 4) is 0 Å². The average molecular weight is 268 g/mol. The second-order valence-corrected chi connectivity index (χ2v) is 5.13. The van der Waals surface area contributed by atoms with Gasteiger partial charge in [-0.1, -0.05) is 12.1 Å². The molecule has 1 rings (SSSR count). The van der Waals surface area contributed by atoms with E-state index in [1.54, 1.807) is 25.8 Å². The number of carbonyl (C=O) groups is 1. The Balaban J connectivity index is 2.49. The fourth-order valence-corrected chi connectivity index (χ4v) is 2.17. The molecule has 1 aromatic carbocycles. The van der Waals surface area contributed by atoms with Gasteiger partial charge in [-0.3, -0.25) is 4.79 Å². The summed E-state index contributed by atoms with van der Waals surface area (Å²) in [6, 6.07) is 7.32. The topological polar surface area (TPSA) is 64.3 Å². The van der Waals surface area contributed by atoms with E-state index in [0.717, 1.165) is 23.8 Å². The monoisotopic (exact) mass is 268 g/mol. The van der Waals surface area contributed by atoms with Crippen LogP contribution in [0.3, 0.4) is 0 Å². The summed E-state index contributed by atoms with van der Waals surface area (Å²) < 4.78 is 4.99. The normalized spacial score (nSPS) is 12.2. The van der Waals surface area contributed by atoms with Gasteiger partial charge in [0.2, 0.25) is 5.91 Å². The van der Waals surface area contributed by atoms with E-state index < -0.39 is 6.04 Å². The van der Waals surface area contributed by atoms with Crippen LogP contribution in [0, 0.1) is 0 Å². The maximum Gasteiger partial charge on any atom is 0.240 e. The van der Waals surface area contributed by atoms with Crippen LogP contribution in [0.25, 0.3) is 0 Å². The Morgan fingerprint density at radius 2 is 2.33 bits per heavy atom. The maximum absolute atomic E-state index is 11.5. The molecule has 1 aromatic rings. The number of thioether (sulfide) groups is 1. The van der Waals surface area contributed by atoms with Crippen LogP contribution in [-0.4, -0.2) is 31.4 Å². The van der Waals surface area contributed by atoms with Gasteiger partial charge in [0.05, 0.1) is 12.6 Å². The van der Waals surface area contributed by atoms with Gasteiger partial charge in [0.15, 0.2) is 0 Å². The molecule has 0 unspecified atom stereocenters. The smallest absolute Gasteiger partial charge is 0.240 e. The van der Waals surface area contributed by atoms with Gasteiger partial charge in [-0.05, 0) is 24.6 Å². The number of benzene rings is 1. The van der Waals surface area contributed by atoms with Gasteiger partial charge < -0.3 is 15.8 Å². The van der Waals surface area contributed by atoms with Gasteiger partial charge >= 0.3 is 0 Å². The van der Waals surface area contributed by atoms with E-state index in [1.807, 2.05) is 24.3 Å². The van der Waals surface area contributed by atoms with Gasteiger partial charge in [-0.2, -0.15) is 11.8 Å². The fraction of sp³-hybridized carbons (Fsp3) is 0.462. The number of carbonyl (C=O) groups excluding carboxylic acids is 1. The zero-order chi connectivity index (χ0) is 13.4. The highest BCUT2D eigenvalue weighted by Crippen LogP contribution is 2.16. The third-order valence-corrected chi connectivity index (χ3v) is 3.30. The van der Waals surface area contributed by atoms with Crippen LogP contribution >= 0.6 is 11.8 Å². The van der Waals surface area contributed by atoms with Crippen molar-refractivity contribution in [1.29, 1.82) is 0 Å². The van der Waals surface area contributed by atoms with Crippen molar-refractivity contribution >= 4 is 23.4 Å². The summed E-state index contributed by atoms with van der Waals surface area (Å²) >= 11 is 1.80. The Hall–Kier alpha value is -1.04. The third kappa shape index (κ3) is 5.53. The van der Waals surface area contributed by atoms with E-state index in [-0.39, 0.29) is 5.91 Å². The standard InChI is InChI=1S/C13H20N2O2S/c1-10(14)13(16)15-12-5-3-4-11(8-12)9-18-7-6-17-2/h3-5,8,10H,6-7,9,14H2,1-2H3,(H,15,16)/t10-/m1/s1. The zero-order valence-electron chi connectivity index (χ0n) is 10.8. The Morgan fingerprint density at radius 1 is 1.56 bits per heavy atom. The van der Waals surface area contributed by atoms with Crippen molar-refractivity contribution in [1.82, 2.24) is 0 Å². The predicted molar refractivity (Wildman–Crippen MR) is 76.8 cm³/mol. The van der Waals surface area contributed by atoms with Crippen LogP contribution in [0.15, 0.2) is 24.3 Å². The molecular formula is C13H20N2O2S. The Labute approximate surface area is 112 Å². The molecule has 0 fully saturated rings. The SMILES string of the molecule is COCCSCc1cccc(NC(=O)[C@@H](C)N)c1. The summed E-state index contributed by atoms with van der Waals surface area (Å²) in [6.07, 6.45) is 0. The lowest BCUT2D eigenvalue weighted by Gasteiger charge is -2.09. The number of nitrogens with two attached hydrogens (primary N) is 1. The van der Waals surface area contributed by atoms with Crippen molar-refractivity contribution in [2.24, 2.45) is 5.73 Å². The van der Waals surface area contributed by atoms with Gasteiger partial charge in [0, 0.05) is 24.3 Å². The molecule has 5 heteroatoms. The quantitative estimate of drug-likeness (QED) is 0.741. The molecule has 0 aliphatic rings. The van der Waals surface area contributed by atoms with E-state index in [2.05, 4.69) is 5.32 Å². The average Bonchev–Trinajstić information content (AvgIpc) is 2.35. The molecule has 3 N–H and O–H groups in total. The van der Waals surface area contributed by atoms with E-state index >= 15 is 0 Å².